The number of carbonyl (C=O) groups excluding carboxylic acids is 1. The lowest BCUT2D eigenvalue weighted by atomic mass is 9.81. The Morgan fingerprint density at radius 3 is 2.41 bits per heavy atom. The van der Waals surface area contributed by atoms with Gasteiger partial charge in [0, 0.05) is 44.1 Å². The summed E-state index contributed by atoms with van der Waals surface area (Å²) in [6.07, 6.45) is 4.57. The van der Waals surface area contributed by atoms with Crippen molar-refractivity contribution >= 4 is 40.1 Å². The van der Waals surface area contributed by atoms with Crippen molar-refractivity contribution in [1.82, 2.24) is 19.4 Å². The van der Waals surface area contributed by atoms with Crippen molar-refractivity contribution in [2.75, 3.05) is 26.2 Å². The summed E-state index contributed by atoms with van der Waals surface area (Å²) in [6.45, 7) is 4.19. The lowest BCUT2D eigenvalue weighted by molar-refractivity contribution is -0.140. The summed E-state index contributed by atoms with van der Waals surface area (Å²) in [7, 11) is 0. The van der Waals surface area contributed by atoms with Crippen LogP contribution in [0.15, 0.2) is 77.6 Å². The van der Waals surface area contributed by atoms with Gasteiger partial charge in [-0.1, -0.05) is 71.7 Å². The van der Waals surface area contributed by atoms with Crippen molar-refractivity contribution in [2.24, 2.45) is 5.92 Å². The molecule has 2 atom stereocenters. The number of rotatable bonds is 8. The maximum Gasteiger partial charge on any atom is 0.326 e. The molecule has 2 aliphatic heterocycles. The molecule has 214 valence electrons. The summed E-state index contributed by atoms with van der Waals surface area (Å²) in [6, 6.07) is 24.2. The van der Waals surface area contributed by atoms with Crippen molar-refractivity contribution in [3.05, 3.63) is 104 Å². The Labute approximate surface area is 250 Å². The van der Waals surface area contributed by atoms with Crippen LogP contribution in [0.2, 0.25) is 10.0 Å². The van der Waals surface area contributed by atoms with E-state index in [4.69, 9.17) is 23.2 Å². The normalized spacial score (nSPS) is 20.6. The van der Waals surface area contributed by atoms with E-state index in [0.717, 1.165) is 73.9 Å². The summed E-state index contributed by atoms with van der Waals surface area (Å²) in [5.74, 6) is 0.457. The molecule has 1 N–H and O–H groups in total. The van der Waals surface area contributed by atoms with Crippen LogP contribution in [0.3, 0.4) is 0 Å². The lowest BCUT2D eigenvalue weighted by Gasteiger charge is -2.38. The van der Waals surface area contributed by atoms with Gasteiger partial charge < -0.3 is 14.8 Å². The van der Waals surface area contributed by atoms with Crippen LogP contribution < -0.4 is 5.69 Å². The minimum atomic E-state index is -0.0192. The molecular weight excluding hydrogens is 555 g/mol. The number of para-hydroxylation sites is 2. The van der Waals surface area contributed by atoms with E-state index in [0.29, 0.717) is 23.1 Å². The summed E-state index contributed by atoms with van der Waals surface area (Å²) < 4.78 is 1.94. The van der Waals surface area contributed by atoms with Gasteiger partial charge in [-0.15, -0.1) is 0 Å². The summed E-state index contributed by atoms with van der Waals surface area (Å²) in [5.41, 5.74) is 4.16. The minimum Gasteiger partial charge on any atom is -0.338 e. The molecule has 0 radical (unpaired) electrons. The fourth-order valence-electron chi connectivity index (χ4n) is 6.73. The Bertz CT molecular complexity index is 1560. The molecule has 2 unspecified atom stereocenters. The number of aromatic amines is 1. The maximum absolute atomic E-state index is 13.7. The third kappa shape index (κ3) is 6.25. The van der Waals surface area contributed by atoms with Gasteiger partial charge in [-0.25, -0.2) is 4.79 Å². The second-order valence-electron chi connectivity index (χ2n) is 11.5. The summed E-state index contributed by atoms with van der Waals surface area (Å²) in [5, 5.41) is 1.11. The Balaban J connectivity index is 1.08. The van der Waals surface area contributed by atoms with Gasteiger partial charge in [0.1, 0.15) is 0 Å². The van der Waals surface area contributed by atoms with Gasteiger partial charge in [0.15, 0.2) is 0 Å². The Morgan fingerprint density at radius 2 is 1.63 bits per heavy atom. The van der Waals surface area contributed by atoms with E-state index in [1.807, 2.05) is 64.1 Å². The zero-order valence-corrected chi connectivity index (χ0v) is 24.7. The molecule has 0 aliphatic carbocycles. The first-order valence-corrected chi connectivity index (χ1v) is 15.4. The first kappa shape index (κ1) is 28.1. The molecule has 4 aromatic rings. The fraction of sp³-hybridized carbons (Fsp3) is 0.394. The van der Waals surface area contributed by atoms with E-state index in [9.17, 15) is 9.59 Å². The zero-order chi connectivity index (χ0) is 28.3. The average molecular weight is 592 g/mol. The number of aromatic nitrogens is 2. The molecule has 0 spiro atoms. The number of piperidine rings is 2. The van der Waals surface area contributed by atoms with E-state index >= 15 is 0 Å². The second-order valence-corrected chi connectivity index (χ2v) is 12.4. The third-order valence-corrected chi connectivity index (χ3v) is 9.61. The van der Waals surface area contributed by atoms with Crippen molar-refractivity contribution in [3.8, 4) is 0 Å². The van der Waals surface area contributed by atoms with E-state index in [1.165, 1.54) is 0 Å². The number of carbonyl (C=O) groups is 1. The fourth-order valence-corrected chi connectivity index (χ4v) is 7.03. The first-order valence-electron chi connectivity index (χ1n) is 14.7. The minimum absolute atomic E-state index is 0.0166. The molecule has 0 saturated carbocycles. The Hall–Kier alpha value is -3.06. The predicted molar refractivity (Wildman–Crippen MR) is 166 cm³/mol. The highest BCUT2D eigenvalue weighted by atomic mass is 35.5. The van der Waals surface area contributed by atoms with Gasteiger partial charge >= 0.3 is 5.69 Å². The number of benzene rings is 3. The van der Waals surface area contributed by atoms with Crippen LogP contribution >= 0.6 is 23.2 Å². The number of nitrogens with one attached hydrogen (secondary N) is 1. The van der Waals surface area contributed by atoms with Crippen molar-refractivity contribution in [3.63, 3.8) is 0 Å². The molecule has 0 bridgehead atoms. The van der Waals surface area contributed by atoms with Crippen molar-refractivity contribution < 1.29 is 4.79 Å². The standard InChI is InChI=1S/C33H36Cl2N4O2/c34-28-13-12-24(20-29(28)35)26-19-25(32(40)38(22-26)21-23-7-2-1-3-8-23)9-6-16-37-17-14-27(15-18-37)39-31-11-5-4-10-30(31)36-33(39)41/h1-5,7-8,10-13,20,25-27H,6,9,14-19,21-22H2,(H,36,41). The highest BCUT2D eigenvalue weighted by Crippen LogP contribution is 2.36. The number of imidazole rings is 1. The number of fused-ring (bicyclic) bond motifs is 1. The maximum atomic E-state index is 13.7. The van der Waals surface area contributed by atoms with E-state index < -0.39 is 0 Å². The van der Waals surface area contributed by atoms with Gasteiger partial charge in [0.25, 0.3) is 0 Å². The van der Waals surface area contributed by atoms with Crippen LogP contribution in [0.5, 0.6) is 0 Å². The Morgan fingerprint density at radius 1 is 0.878 bits per heavy atom. The van der Waals surface area contributed by atoms with E-state index in [1.54, 1.807) is 0 Å². The van der Waals surface area contributed by atoms with Crippen LogP contribution in [0.4, 0.5) is 0 Å². The van der Waals surface area contributed by atoms with Gasteiger partial charge in [0.2, 0.25) is 5.91 Å². The van der Waals surface area contributed by atoms with Crippen molar-refractivity contribution in [1.29, 1.82) is 0 Å². The molecule has 1 amide bonds. The van der Waals surface area contributed by atoms with Crippen LogP contribution in [-0.2, 0) is 11.3 Å². The summed E-state index contributed by atoms with van der Waals surface area (Å²) >= 11 is 12.6. The number of hydrogen-bond donors (Lipinski definition) is 1. The first-order chi connectivity index (χ1) is 20.0. The monoisotopic (exact) mass is 590 g/mol. The predicted octanol–water partition coefficient (Wildman–Crippen LogP) is 6.89. The smallest absolute Gasteiger partial charge is 0.326 e. The van der Waals surface area contributed by atoms with Crippen LogP contribution in [-0.4, -0.2) is 51.4 Å². The van der Waals surface area contributed by atoms with E-state index in [2.05, 4.69) is 28.1 Å². The van der Waals surface area contributed by atoms with Crippen molar-refractivity contribution in [2.45, 2.75) is 50.6 Å². The summed E-state index contributed by atoms with van der Waals surface area (Å²) in [4.78, 5) is 33.8. The SMILES string of the molecule is O=C1C(CCCN2CCC(n3c(=O)[nH]c4ccccc43)CC2)CC(c2ccc(Cl)c(Cl)c2)CN1Cc1ccccc1. The second kappa shape index (κ2) is 12.4. The van der Waals surface area contributed by atoms with Gasteiger partial charge in [-0.05, 0) is 74.0 Å². The molecule has 2 aliphatic rings. The number of nitrogens with zero attached hydrogens (tertiary/aromatic N) is 3. The molecule has 1 aromatic heterocycles. The zero-order valence-electron chi connectivity index (χ0n) is 23.1. The van der Waals surface area contributed by atoms with E-state index in [-0.39, 0.29) is 29.5 Å². The number of halogens is 2. The molecule has 41 heavy (non-hydrogen) atoms. The van der Waals surface area contributed by atoms with Crippen LogP contribution in [0, 0.1) is 5.92 Å². The number of amides is 1. The van der Waals surface area contributed by atoms with Gasteiger partial charge in [0.05, 0.1) is 21.1 Å². The topological polar surface area (TPSA) is 61.3 Å². The quantitative estimate of drug-likeness (QED) is 0.243. The molecule has 2 saturated heterocycles. The average Bonchev–Trinajstić information content (AvgIpc) is 3.33. The highest BCUT2D eigenvalue weighted by molar-refractivity contribution is 6.42. The number of likely N-dealkylation sites (tertiary alicyclic amines) is 2. The van der Waals surface area contributed by atoms with Gasteiger partial charge in [-0.3, -0.25) is 9.36 Å². The van der Waals surface area contributed by atoms with Gasteiger partial charge in [-0.2, -0.15) is 0 Å². The number of hydrogen-bond acceptors (Lipinski definition) is 3. The number of H-pyrrole nitrogens is 1. The largest absolute Gasteiger partial charge is 0.338 e. The Kier molecular flexibility index (Phi) is 8.52. The lowest BCUT2D eigenvalue weighted by Crippen LogP contribution is -2.44. The molecule has 2 fully saturated rings. The van der Waals surface area contributed by atoms with Crippen LogP contribution in [0.1, 0.15) is 55.2 Å². The molecule has 6 rings (SSSR count). The van der Waals surface area contributed by atoms with Crippen LogP contribution in [0.25, 0.3) is 11.0 Å². The molecule has 3 aromatic carbocycles. The molecular formula is C33H36Cl2N4O2. The molecule has 8 heteroatoms. The molecule has 6 nitrogen and oxygen atoms in total. The third-order valence-electron chi connectivity index (χ3n) is 8.88. The highest BCUT2D eigenvalue weighted by Gasteiger charge is 2.35. The molecule has 3 heterocycles.